The Bertz CT molecular complexity index is 711. The van der Waals surface area contributed by atoms with Crippen LogP contribution in [0.5, 0.6) is 0 Å². The van der Waals surface area contributed by atoms with E-state index >= 15 is 0 Å². The SMILES string of the molecule is C/C=C(\CCC(C)[C@H]1CCC2C3CCC4(O)OC(=O)C[C@]4(C)C3CC[C@@]21C)C(C)C. The van der Waals surface area contributed by atoms with Gasteiger partial charge in [-0.05, 0) is 92.8 Å². The van der Waals surface area contributed by atoms with Crippen LogP contribution < -0.4 is 0 Å². The van der Waals surface area contributed by atoms with E-state index in [1.807, 2.05) is 0 Å². The van der Waals surface area contributed by atoms with E-state index in [1.54, 1.807) is 5.57 Å². The highest BCUT2D eigenvalue weighted by Gasteiger charge is 2.68. The first kappa shape index (κ1) is 22.4. The van der Waals surface area contributed by atoms with Crippen molar-refractivity contribution < 1.29 is 14.6 Å². The van der Waals surface area contributed by atoms with Gasteiger partial charge in [0.05, 0.1) is 6.42 Å². The van der Waals surface area contributed by atoms with Gasteiger partial charge in [-0.3, -0.25) is 4.79 Å². The topological polar surface area (TPSA) is 46.5 Å². The van der Waals surface area contributed by atoms with Gasteiger partial charge in [0.25, 0.3) is 0 Å². The molecule has 3 saturated carbocycles. The number of hydrogen-bond donors (Lipinski definition) is 1. The van der Waals surface area contributed by atoms with Crippen LogP contribution in [-0.4, -0.2) is 16.9 Å². The molecule has 0 radical (unpaired) electrons. The smallest absolute Gasteiger partial charge is 0.309 e. The van der Waals surface area contributed by atoms with Gasteiger partial charge in [0.2, 0.25) is 5.79 Å². The lowest BCUT2D eigenvalue weighted by molar-refractivity contribution is -0.269. The third-order valence-electron chi connectivity index (χ3n) is 10.5. The predicted octanol–water partition coefficient (Wildman–Crippen LogP) is 6.50. The van der Waals surface area contributed by atoms with Gasteiger partial charge in [-0.2, -0.15) is 0 Å². The van der Waals surface area contributed by atoms with Crippen molar-refractivity contribution in [2.45, 2.75) is 105 Å². The van der Waals surface area contributed by atoms with E-state index in [0.717, 1.165) is 30.6 Å². The summed E-state index contributed by atoms with van der Waals surface area (Å²) < 4.78 is 5.50. The third kappa shape index (κ3) is 3.21. The number of allylic oxidation sites excluding steroid dienone is 2. The van der Waals surface area contributed by atoms with Crippen molar-refractivity contribution in [2.24, 2.45) is 46.3 Å². The first-order valence-corrected chi connectivity index (χ1v) is 12.6. The van der Waals surface area contributed by atoms with E-state index in [2.05, 4.69) is 47.6 Å². The molecule has 0 aromatic rings. The average molecular weight is 417 g/mol. The second kappa shape index (κ2) is 7.64. The van der Waals surface area contributed by atoms with Crippen molar-refractivity contribution in [1.29, 1.82) is 0 Å². The molecule has 1 N–H and O–H groups in total. The van der Waals surface area contributed by atoms with Crippen molar-refractivity contribution in [3.8, 4) is 0 Å². The molecule has 3 nitrogen and oxygen atoms in total. The molecule has 4 aliphatic rings. The molecule has 30 heavy (non-hydrogen) atoms. The molecule has 5 unspecified atom stereocenters. The Morgan fingerprint density at radius 2 is 1.87 bits per heavy atom. The number of esters is 1. The highest BCUT2D eigenvalue weighted by Crippen LogP contribution is 2.69. The summed E-state index contributed by atoms with van der Waals surface area (Å²) in [4.78, 5) is 12.1. The van der Waals surface area contributed by atoms with Crippen LogP contribution in [0.1, 0.15) is 99.3 Å². The predicted molar refractivity (Wildman–Crippen MR) is 121 cm³/mol. The summed E-state index contributed by atoms with van der Waals surface area (Å²) in [7, 11) is 0. The Balaban J connectivity index is 1.50. The second-order valence-corrected chi connectivity index (χ2v) is 12.0. The molecule has 0 bridgehead atoms. The summed E-state index contributed by atoms with van der Waals surface area (Å²) in [6.45, 7) is 14.0. The Morgan fingerprint density at radius 3 is 2.53 bits per heavy atom. The van der Waals surface area contributed by atoms with Crippen molar-refractivity contribution in [3.05, 3.63) is 11.6 Å². The molecule has 170 valence electrons. The summed E-state index contributed by atoms with van der Waals surface area (Å²) in [5.74, 6) is 2.62. The van der Waals surface area contributed by atoms with Crippen LogP contribution in [0.4, 0.5) is 0 Å². The second-order valence-electron chi connectivity index (χ2n) is 12.0. The fourth-order valence-corrected chi connectivity index (χ4v) is 8.72. The van der Waals surface area contributed by atoms with Gasteiger partial charge in [-0.1, -0.05) is 46.3 Å². The Labute approximate surface area is 184 Å². The van der Waals surface area contributed by atoms with E-state index in [4.69, 9.17) is 4.74 Å². The van der Waals surface area contributed by atoms with Gasteiger partial charge in [-0.25, -0.2) is 0 Å². The molecule has 0 aromatic carbocycles. The van der Waals surface area contributed by atoms with Gasteiger partial charge in [0.15, 0.2) is 0 Å². The molecule has 4 fully saturated rings. The average Bonchev–Trinajstić information content (AvgIpc) is 3.14. The molecule has 1 heterocycles. The quantitative estimate of drug-likeness (QED) is 0.411. The number of rotatable bonds is 5. The summed E-state index contributed by atoms with van der Waals surface area (Å²) >= 11 is 0. The van der Waals surface area contributed by atoms with Crippen LogP contribution in [0, 0.1) is 46.3 Å². The molecule has 1 aliphatic heterocycles. The van der Waals surface area contributed by atoms with E-state index < -0.39 is 11.2 Å². The lowest BCUT2D eigenvalue weighted by Crippen LogP contribution is -2.58. The van der Waals surface area contributed by atoms with E-state index in [0.29, 0.717) is 36.0 Å². The summed E-state index contributed by atoms with van der Waals surface area (Å²) in [5, 5.41) is 11.2. The Morgan fingerprint density at radius 1 is 1.13 bits per heavy atom. The van der Waals surface area contributed by atoms with E-state index in [-0.39, 0.29) is 5.97 Å². The van der Waals surface area contributed by atoms with Crippen LogP contribution in [0.3, 0.4) is 0 Å². The van der Waals surface area contributed by atoms with Crippen molar-refractivity contribution in [3.63, 3.8) is 0 Å². The number of fused-ring (bicyclic) bond motifs is 5. The molecular formula is C27H44O3. The van der Waals surface area contributed by atoms with Gasteiger partial charge in [0.1, 0.15) is 0 Å². The van der Waals surface area contributed by atoms with Crippen molar-refractivity contribution in [1.82, 2.24) is 0 Å². The first-order chi connectivity index (χ1) is 14.1. The highest BCUT2D eigenvalue weighted by atomic mass is 16.7. The van der Waals surface area contributed by atoms with Crippen LogP contribution in [0.15, 0.2) is 11.6 Å². The van der Waals surface area contributed by atoms with Gasteiger partial charge in [-0.15, -0.1) is 0 Å². The Kier molecular flexibility index (Phi) is 5.70. The molecule has 4 rings (SSSR count). The molecule has 0 spiro atoms. The zero-order chi connectivity index (χ0) is 21.9. The zero-order valence-electron chi connectivity index (χ0n) is 20.2. The van der Waals surface area contributed by atoms with E-state index in [9.17, 15) is 9.90 Å². The molecule has 0 aromatic heterocycles. The van der Waals surface area contributed by atoms with Gasteiger partial charge >= 0.3 is 5.97 Å². The summed E-state index contributed by atoms with van der Waals surface area (Å²) in [6.07, 6.45) is 12.0. The molecule has 8 atom stereocenters. The van der Waals surface area contributed by atoms with Gasteiger partial charge < -0.3 is 9.84 Å². The van der Waals surface area contributed by atoms with Crippen LogP contribution >= 0.6 is 0 Å². The number of ether oxygens (including phenoxy) is 1. The monoisotopic (exact) mass is 416 g/mol. The van der Waals surface area contributed by atoms with E-state index in [1.165, 1.54) is 32.1 Å². The minimum Gasteiger partial charge on any atom is -0.433 e. The molecule has 0 amide bonds. The third-order valence-corrected chi connectivity index (χ3v) is 10.5. The number of carbonyl (C=O) groups excluding carboxylic acids is 1. The van der Waals surface area contributed by atoms with Crippen molar-refractivity contribution in [2.75, 3.05) is 0 Å². The summed E-state index contributed by atoms with van der Waals surface area (Å²) in [5.41, 5.74) is 1.63. The Hall–Kier alpha value is -0.830. The number of carbonyl (C=O) groups is 1. The molecule has 3 aliphatic carbocycles. The van der Waals surface area contributed by atoms with Crippen LogP contribution in [0.25, 0.3) is 0 Å². The number of aliphatic hydroxyl groups is 1. The summed E-state index contributed by atoms with van der Waals surface area (Å²) in [6, 6.07) is 0. The fourth-order valence-electron chi connectivity index (χ4n) is 8.72. The normalized spacial score (nSPS) is 46.9. The van der Waals surface area contributed by atoms with Gasteiger partial charge in [0, 0.05) is 11.8 Å². The highest BCUT2D eigenvalue weighted by molar-refractivity contribution is 5.73. The lowest BCUT2D eigenvalue weighted by atomic mass is 9.47. The zero-order valence-corrected chi connectivity index (χ0v) is 20.2. The maximum atomic E-state index is 12.1. The first-order valence-electron chi connectivity index (χ1n) is 12.6. The standard InChI is InChI=1S/C27H44O3/c1-7-19(17(2)3)9-8-18(4)21-10-11-22-20-12-15-27(29)26(6,16-24(28)30-27)23(20)13-14-25(21,22)5/h7,17-18,20-23,29H,8-16H2,1-6H3/b19-7+/t18?,20?,21-,22?,23?,25-,26-,27?/m1/s1. The van der Waals surface area contributed by atoms with Crippen LogP contribution in [0.2, 0.25) is 0 Å². The van der Waals surface area contributed by atoms with Crippen LogP contribution in [-0.2, 0) is 9.53 Å². The maximum absolute atomic E-state index is 12.1. The largest absolute Gasteiger partial charge is 0.433 e. The molecular weight excluding hydrogens is 372 g/mol. The van der Waals surface area contributed by atoms with Crippen molar-refractivity contribution >= 4 is 5.97 Å². The maximum Gasteiger partial charge on any atom is 0.309 e. The molecule has 1 saturated heterocycles. The lowest BCUT2D eigenvalue weighted by Gasteiger charge is -2.58. The molecule has 3 heteroatoms. The fraction of sp³-hybridized carbons (Fsp3) is 0.889. The minimum absolute atomic E-state index is 0.197. The number of hydrogen-bond acceptors (Lipinski definition) is 3. The minimum atomic E-state index is -1.22.